The van der Waals surface area contributed by atoms with Crippen LogP contribution >= 0.6 is 0 Å². The molecule has 0 aromatic heterocycles. The highest BCUT2D eigenvalue weighted by Gasteiger charge is 2.25. The van der Waals surface area contributed by atoms with Crippen molar-refractivity contribution in [3.05, 3.63) is 23.8 Å². The summed E-state index contributed by atoms with van der Waals surface area (Å²) in [5.74, 6) is 0.379. The fourth-order valence-corrected chi connectivity index (χ4v) is 3.02. The second-order valence-electron chi connectivity index (χ2n) is 5.18. The van der Waals surface area contributed by atoms with E-state index in [0.29, 0.717) is 11.8 Å². The van der Waals surface area contributed by atoms with Crippen molar-refractivity contribution in [1.29, 1.82) is 0 Å². The minimum atomic E-state index is 0.379. The molecule has 1 aromatic rings. The first-order valence-corrected chi connectivity index (χ1v) is 6.63. The zero-order chi connectivity index (χ0) is 11.7. The molecular formula is C14H20N2O. The summed E-state index contributed by atoms with van der Waals surface area (Å²) in [6.45, 7) is 3.51. The normalized spacial score (nSPS) is 25.1. The maximum absolute atomic E-state index is 9.54. The van der Waals surface area contributed by atoms with Crippen LogP contribution in [0.25, 0.3) is 0 Å². The molecule has 0 saturated carbocycles. The molecule has 2 heterocycles. The van der Waals surface area contributed by atoms with Crippen LogP contribution in [0.2, 0.25) is 0 Å². The van der Waals surface area contributed by atoms with Gasteiger partial charge in [0, 0.05) is 18.3 Å². The number of rotatable bonds is 1. The van der Waals surface area contributed by atoms with Gasteiger partial charge < -0.3 is 10.4 Å². The predicted octanol–water partition coefficient (Wildman–Crippen LogP) is 2.21. The summed E-state index contributed by atoms with van der Waals surface area (Å²) in [5, 5.41) is 13.0. The van der Waals surface area contributed by atoms with Gasteiger partial charge >= 0.3 is 0 Å². The number of nitrogens with one attached hydrogen (secondary N) is 1. The summed E-state index contributed by atoms with van der Waals surface area (Å²) in [5.41, 5.74) is 2.45. The fourth-order valence-electron chi connectivity index (χ4n) is 3.02. The Hall–Kier alpha value is -1.22. The third kappa shape index (κ3) is 2.25. The summed E-state index contributed by atoms with van der Waals surface area (Å²) in [7, 11) is 0. The number of aromatic hydroxyl groups is 1. The molecule has 3 heteroatoms. The molecule has 0 amide bonds. The van der Waals surface area contributed by atoms with Crippen LogP contribution < -0.4 is 5.32 Å². The molecule has 2 aliphatic heterocycles. The molecule has 92 valence electrons. The number of anilines is 1. The zero-order valence-electron chi connectivity index (χ0n) is 10.2. The van der Waals surface area contributed by atoms with E-state index < -0.39 is 0 Å². The van der Waals surface area contributed by atoms with Gasteiger partial charge in [-0.2, -0.15) is 0 Å². The number of hydrogen-bond acceptors (Lipinski definition) is 3. The molecule has 0 radical (unpaired) electrons. The predicted molar refractivity (Wildman–Crippen MR) is 69.5 cm³/mol. The highest BCUT2D eigenvalue weighted by atomic mass is 16.3. The van der Waals surface area contributed by atoms with Crippen LogP contribution in [0.3, 0.4) is 0 Å². The van der Waals surface area contributed by atoms with Gasteiger partial charge in [0.15, 0.2) is 0 Å². The first kappa shape index (κ1) is 10.9. The number of benzene rings is 1. The molecule has 3 rings (SSSR count). The maximum Gasteiger partial charge on any atom is 0.116 e. The molecule has 17 heavy (non-hydrogen) atoms. The maximum atomic E-state index is 9.54. The fraction of sp³-hybridized carbons (Fsp3) is 0.571. The largest absolute Gasteiger partial charge is 0.508 e. The van der Waals surface area contributed by atoms with E-state index in [2.05, 4.69) is 10.2 Å². The van der Waals surface area contributed by atoms with Gasteiger partial charge in [0.05, 0.1) is 0 Å². The third-order valence-electron chi connectivity index (χ3n) is 3.98. The molecule has 2 N–H and O–H groups in total. The monoisotopic (exact) mass is 232 g/mol. The summed E-state index contributed by atoms with van der Waals surface area (Å²) in [6, 6.07) is 6.24. The van der Waals surface area contributed by atoms with Gasteiger partial charge in [0.25, 0.3) is 0 Å². The van der Waals surface area contributed by atoms with Crippen molar-refractivity contribution in [2.45, 2.75) is 31.7 Å². The Labute approximate surface area is 102 Å². The van der Waals surface area contributed by atoms with Gasteiger partial charge in [-0.1, -0.05) is 6.42 Å². The van der Waals surface area contributed by atoms with Crippen LogP contribution in [0, 0.1) is 0 Å². The zero-order valence-corrected chi connectivity index (χ0v) is 10.2. The Morgan fingerprint density at radius 1 is 1.18 bits per heavy atom. The second kappa shape index (κ2) is 4.57. The Kier molecular flexibility index (Phi) is 2.93. The van der Waals surface area contributed by atoms with Crippen molar-refractivity contribution in [3.63, 3.8) is 0 Å². The van der Waals surface area contributed by atoms with Crippen LogP contribution in [0.5, 0.6) is 5.75 Å². The highest BCUT2D eigenvalue weighted by molar-refractivity contribution is 5.56. The smallest absolute Gasteiger partial charge is 0.116 e. The van der Waals surface area contributed by atoms with Crippen molar-refractivity contribution in [1.82, 2.24) is 4.90 Å². The van der Waals surface area contributed by atoms with Crippen LogP contribution in [0.4, 0.5) is 5.69 Å². The summed E-state index contributed by atoms with van der Waals surface area (Å²) < 4.78 is 0. The van der Waals surface area contributed by atoms with Crippen LogP contribution in [-0.2, 0) is 6.42 Å². The quantitative estimate of drug-likeness (QED) is 0.729. The number of phenolic OH excluding ortho intramolecular Hbond substituents is 1. The number of fused-ring (bicyclic) bond motifs is 1. The standard InChI is InChI=1S/C14H20N2O/c17-13-4-5-14-11(9-13)8-12(10-15-14)16-6-2-1-3-7-16/h4-5,9,12,15,17H,1-3,6-8,10H2. The molecule has 1 unspecified atom stereocenters. The topological polar surface area (TPSA) is 35.5 Å². The molecule has 1 atom stereocenters. The molecular weight excluding hydrogens is 212 g/mol. The Morgan fingerprint density at radius 2 is 2.00 bits per heavy atom. The minimum absolute atomic E-state index is 0.379. The molecule has 2 aliphatic rings. The van der Waals surface area contributed by atoms with Gasteiger partial charge in [-0.05, 0) is 56.1 Å². The summed E-state index contributed by atoms with van der Waals surface area (Å²) >= 11 is 0. The van der Waals surface area contributed by atoms with Gasteiger partial charge in [-0.3, -0.25) is 4.90 Å². The molecule has 0 aliphatic carbocycles. The van der Waals surface area contributed by atoms with E-state index in [9.17, 15) is 5.11 Å². The number of hydrogen-bond donors (Lipinski definition) is 2. The lowest BCUT2D eigenvalue weighted by Gasteiger charge is -2.37. The van der Waals surface area contributed by atoms with Crippen LogP contribution in [-0.4, -0.2) is 35.7 Å². The Morgan fingerprint density at radius 3 is 2.82 bits per heavy atom. The van der Waals surface area contributed by atoms with Crippen molar-refractivity contribution >= 4 is 5.69 Å². The molecule has 1 saturated heterocycles. The van der Waals surface area contributed by atoms with E-state index in [1.165, 1.54) is 43.6 Å². The molecule has 0 bridgehead atoms. The second-order valence-corrected chi connectivity index (χ2v) is 5.18. The van der Waals surface area contributed by atoms with Crippen molar-refractivity contribution < 1.29 is 5.11 Å². The Balaban J connectivity index is 1.75. The first-order valence-electron chi connectivity index (χ1n) is 6.63. The lowest BCUT2D eigenvalue weighted by Crippen LogP contribution is -2.46. The minimum Gasteiger partial charge on any atom is -0.508 e. The van der Waals surface area contributed by atoms with Crippen LogP contribution in [0.1, 0.15) is 24.8 Å². The van der Waals surface area contributed by atoms with Crippen molar-refractivity contribution in [2.24, 2.45) is 0 Å². The first-order chi connectivity index (χ1) is 8.33. The summed E-state index contributed by atoms with van der Waals surface area (Å²) in [4.78, 5) is 2.60. The van der Waals surface area contributed by atoms with Gasteiger partial charge in [0.1, 0.15) is 5.75 Å². The van der Waals surface area contributed by atoms with Gasteiger partial charge in [0.2, 0.25) is 0 Å². The molecule has 0 spiro atoms. The average molecular weight is 232 g/mol. The number of likely N-dealkylation sites (tertiary alicyclic amines) is 1. The number of phenols is 1. The van der Waals surface area contributed by atoms with E-state index in [-0.39, 0.29) is 0 Å². The van der Waals surface area contributed by atoms with Gasteiger partial charge in [-0.25, -0.2) is 0 Å². The number of nitrogens with zero attached hydrogens (tertiary/aromatic N) is 1. The molecule has 3 nitrogen and oxygen atoms in total. The highest BCUT2D eigenvalue weighted by Crippen LogP contribution is 2.28. The van der Waals surface area contributed by atoms with E-state index in [1.807, 2.05) is 12.1 Å². The Bertz CT molecular complexity index is 399. The van der Waals surface area contributed by atoms with Crippen molar-refractivity contribution in [3.8, 4) is 5.75 Å². The van der Waals surface area contributed by atoms with E-state index in [1.54, 1.807) is 6.07 Å². The average Bonchev–Trinajstić information content (AvgIpc) is 2.39. The van der Waals surface area contributed by atoms with Crippen LogP contribution in [0.15, 0.2) is 18.2 Å². The third-order valence-corrected chi connectivity index (χ3v) is 3.98. The van der Waals surface area contributed by atoms with E-state index in [0.717, 1.165) is 13.0 Å². The molecule has 1 fully saturated rings. The lowest BCUT2D eigenvalue weighted by molar-refractivity contribution is 0.166. The van der Waals surface area contributed by atoms with Crippen molar-refractivity contribution in [2.75, 3.05) is 25.0 Å². The molecule has 1 aromatic carbocycles. The van der Waals surface area contributed by atoms with Gasteiger partial charge in [-0.15, -0.1) is 0 Å². The van der Waals surface area contributed by atoms with E-state index >= 15 is 0 Å². The van der Waals surface area contributed by atoms with E-state index in [4.69, 9.17) is 0 Å². The lowest BCUT2D eigenvalue weighted by atomic mass is 9.96. The SMILES string of the molecule is Oc1ccc2c(c1)CC(N1CCCCC1)CN2. The summed E-state index contributed by atoms with van der Waals surface area (Å²) in [6.07, 6.45) is 5.12. The number of piperidine rings is 1.